The van der Waals surface area contributed by atoms with Gasteiger partial charge in [0.15, 0.2) is 0 Å². The smallest absolute Gasteiger partial charge is 0.312 e. The number of hydrogen-bond donors (Lipinski definition) is 0. The van der Waals surface area contributed by atoms with Crippen LogP contribution in [-0.2, 0) is 19.1 Å². The van der Waals surface area contributed by atoms with Gasteiger partial charge in [0.1, 0.15) is 0 Å². The molecular weight excluding hydrogens is 258 g/mol. The maximum atomic E-state index is 12.9. The van der Waals surface area contributed by atoms with Crippen LogP contribution in [0.3, 0.4) is 0 Å². The number of hydrogen-bond acceptors (Lipinski definition) is 4. The van der Waals surface area contributed by atoms with Crippen LogP contribution in [0.1, 0.15) is 0 Å². The molecule has 0 N–H and O–H groups in total. The van der Waals surface area contributed by atoms with Crippen LogP contribution in [0, 0.1) is 46.3 Å². The summed E-state index contributed by atoms with van der Waals surface area (Å²) in [5, 5.41) is 0. The number of carbonyl (C=O) groups is 2. The molecule has 0 atom stereocenters. The highest BCUT2D eigenvalue weighted by Crippen LogP contribution is 3.10. The highest BCUT2D eigenvalue weighted by Gasteiger charge is 3.13. The van der Waals surface area contributed by atoms with Gasteiger partial charge in [0.2, 0.25) is 5.91 Å². The Balaban J connectivity index is 1.30. The summed E-state index contributed by atoms with van der Waals surface area (Å²) in [6, 6.07) is 0. The molecule has 1 heterocycles. The molecule has 7 aliphatic rings. The second kappa shape index (κ2) is 2.65. The van der Waals surface area contributed by atoms with Crippen molar-refractivity contribution < 1.29 is 19.1 Å². The highest BCUT2D eigenvalue weighted by atomic mass is 16.5. The van der Waals surface area contributed by atoms with Crippen molar-refractivity contribution in [1.29, 1.82) is 0 Å². The number of methoxy groups -OCH3 is 1. The van der Waals surface area contributed by atoms with Crippen molar-refractivity contribution in [2.75, 3.05) is 33.4 Å². The molecule has 1 aliphatic heterocycles. The first kappa shape index (κ1) is 10.6. The van der Waals surface area contributed by atoms with Crippen LogP contribution >= 0.6 is 0 Å². The SMILES string of the molecule is COC(=O)C12C3C4C1C1C2C3C41C(=O)N1CCOCC1. The molecule has 0 radical (unpaired) electrons. The number of morpholine rings is 1. The molecule has 5 nitrogen and oxygen atoms in total. The maximum absolute atomic E-state index is 12.9. The Hall–Kier alpha value is -1.10. The number of nitrogens with zero attached hydrogens (tertiary/aromatic N) is 1. The zero-order valence-corrected chi connectivity index (χ0v) is 11.4. The largest absolute Gasteiger partial charge is 0.469 e. The lowest BCUT2D eigenvalue weighted by Gasteiger charge is -3.09. The summed E-state index contributed by atoms with van der Waals surface area (Å²) in [6.07, 6.45) is 0. The lowest BCUT2D eigenvalue weighted by Crippen LogP contribution is -3.12. The predicted molar refractivity (Wildman–Crippen MR) is 65.2 cm³/mol. The van der Waals surface area contributed by atoms with Crippen LogP contribution in [-0.4, -0.2) is 50.2 Å². The van der Waals surface area contributed by atoms with E-state index < -0.39 is 0 Å². The number of rotatable bonds is 2. The van der Waals surface area contributed by atoms with E-state index in [1.54, 1.807) is 0 Å². The fourth-order valence-corrected chi connectivity index (χ4v) is 7.58. The zero-order valence-electron chi connectivity index (χ0n) is 11.4. The van der Waals surface area contributed by atoms with E-state index in [1.807, 2.05) is 4.90 Å². The minimum atomic E-state index is -0.123. The number of amides is 1. The van der Waals surface area contributed by atoms with Gasteiger partial charge in [0.05, 0.1) is 31.2 Å². The molecule has 20 heavy (non-hydrogen) atoms. The third-order valence-corrected chi connectivity index (χ3v) is 7.84. The molecule has 1 saturated heterocycles. The Bertz CT molecular complexity index is 525. The third-order valence-electron chi connectivity index (χ3n) is 7.84. The lowest BCUT2D eigenvalue weighted by molar-refractivity contribution is -0.627. The predicted octanol–water partition coefficient (Wildman–Crippen LogP) is -0.244. The molecule has 106 valence electrons. The lowest BCUT2D eigenvalue weighted by atomic mass is 8.92. The van der Waals surface area contributed by atoms with Gasteiger partial charge >= 0.3 is 5.97 Å². The summed E-state index contributed by atoms with van der Waals surface area (Å²) in [7, 11) is 1.50. The number of carbonyl (C=O) groups excluding carboxylic acids is 2. The standard InChI is InChI=1S/C15H17NO4/c1-19-13(18)15-9-6-10(15)8-11(15)7(9)14(6,8)12(17)16-2-4-20-5-3-16/h6-11H,2-5H2,1H3. The summed E-state index contributed by atoms with van der Waals surface area (Å²) in [6.45, 7) is 2.83. The maximum Gasteiger partial charge on any atom is 0.312 e. The van der Waals surface area contributed by atoms with Crippen LogP contribution < -0.4 is 0 Å². The van der Waals surface area contributed by atoms with Crippen LogP contribution in [0.5, 0.6) is 0 Å². The summed E-state index contributed by atoms with van der Waals surface area (Å²) in [5.41, 5.74) is -0.158. The molecule has 0 spiro atoms. The Morgan fingerprint density at radius 3 is 2.00 bits per heavy atom. The second-order valence-corrected chi connectivity index (χ2v) is 7.42. The van der Waals surface area contributed by atoms with Crippen molar-refractivity contribution in [2.45, 2.75) is 0 Å². The molecule has 7 rings (SSSR count). The average molecular weight is 275 g/mol. The molecule has 0 aromatic rings. The van der Waals surface area contributed by atoms with Crippen molar-refractivity contribution >= 4 is 11.9 Å². The number of esters is 1. The van der Waals surface area contributed by atoms with Gasteiger partial charge in [-0.25, -0.2) is 0 Å². The van der Waals surface area contributed by atoms with Crippen molar-refractivity contribution in [3.05, 3.63) is 0 Å². The molecular formula is C15H17NO4. The summed E-state index contributed by atoms with van der Waals surface area (Å²) >= 11 is 0. The first-order chi connectivity index (χ1) is 9.73. The van der Waals surface area contributed by atoms with E-state index >= 15 is 0 Å². The van der Waals surface area contributed by atoms with E-state index in [1.165, 1.54) is 7.11 Å². The van der Waals surface area contributed by atoms with Crippen LogP contribution in [0.2, 0.25) is 0 Å². The Labute approximate surface area is 116 Å². The van der Waals surface area contributed by atoms with Gasteiger partial charge in [0, 0.05) is 13.1 Å². The van der Waals surface area contributed by atoms with Crippen LogP contribution in [0.15, 0.2) is 0 Å². The molecule has 5 heteroatoms. The van der Waals surface area contributed by atoms with Gasteiger partial charge < -0.3 is 14.4 Å². The first-order valence-electron chi connectivity index (χ1n) is 7.69. The zero-order chi connectivity index (χ0) is 13.4. The van der Waals surface area contributed by atoms with Crippen molar-refractivity contribution in [3.63, 3.8) is 0 Å². The Morgan fingerprint density at radius 2 is 1.50 bits per heavy atom. The van der Waals surface area contributed by atoms with Crippen molar-refractivity contribution in [1.82, 2.24) is 4.90 Å². The molecule has 0 bridgehead atoms. The molecule has 6 aliphatic carbocycles. The van der Waals surface area contributed by atoms with Gasteiger partial charge in [-0.1, -0.05) is 0 Å². The fraction of sp³-hybridized carbons (Fsp3) is 0.867. The third kappa shape index (κ3) is 0.593. The van der Waals surface area contributed by atoms with Crippen LogP contribution in [0.25, 0.3) is 0 Å². The molecule has 0 unspecified atom stereocenters. The molecule has 0 aromatic heterocycles. The topological polar surface area (TPSA) is 55.8 Å². The van der Waals surface area contributed by atoms with E-state index in [4.69, 9.17) is 9.47 Å². The van der Waals surface area contributed by atoms with E-state index in [0.717, 1.165) is 13.1 Å². The van der Waals surface area contributed by atoms with E-state index in [2.05, 4.69) is 0 Å². The monoisotopic (exact) mass is 275 g/mol. The van der Waals surface area contributed by atoms with Crippen LogP contribution in [0.4, 0.5) is 0 Å². The highest BCUT2D eigenvalue weighted by molar-refractivity contribution is 5.98. The summed E-state index contributed by atoms with van der Waals surface area (Å²) in [4.78, 5) is 26.9. The molecule has 1 amide bonds. The van der Waals surface area contributed by atoms with E-state index in [9.17, 15) is 9.59 Å². The summed E-state index contributed by atoms with van der Waals surface area (Å²) in [5.74, 6) is 3.38. The normalized spacial score (nSPS) is 62.0. The van der Waals surface area contributed by atoms with Gasteiger partial charge in [-0.15, -0.1) is 0 Å². The summed E-state index contributed by atoms with van der Waals surface area (Å²) < 4.78 is 10.4. The Kier molecular flexibility index (Phi) is 1.41. The average Bonchev–Trinajstić information content (AvgIpc) is 2.53. The Morgan fingerprint density at radius 1 is 1.00 bits per heavy atom. The molecule has 0 aromatic carbocycles. The molecule has 7 fully saturated rings. The van der Waals surface area contributed by atoms with Gasteiger partial charge in [-0.05, 0) is 35.5 Å². The van der Waals surface area contributed by atoms with Gasteiger partial charge in [-0.3, -0.25) is 9.59 Å². The minimum absolute atomic E-state index is 0.00775. The first-order valence-corrected chi connectivity index (χ1v) is 7.69. The fourth-order valence-electron chi connectivity index (χ4n) is 7.58. The van der Waals surface area contributed by atoms with E-state index in [-0.39, 0.29) is 16.8 Å². The quantitative estimate of drug-likeness (QED) is 0.653. The second-order valence-electron chi connectivity index (χ2n) is 7.42. The molecule has 6 saturated carbocycles. The van der Waals surface area contributed by atoms with E-state index in [0.29, 0.717) is 54.6 Å². The van der Waals surface area contributed by atoms with Gasteiger partial charge in [-0.2, -0.15) is 0 Å². The van der Waals surface area contributed by atoms with Crippen molar-refractivity contribution in [2.24, 2.45) is 46.3 Å². The van der Waals surface area contributed by atoms with Crippen molar-refractivity contribution in [3.8, 4) is 0 Å². The minimum Gasteiger partial charge on any atom is -0.469 e. The van der Waals surface area contributed by atoms with Gasteiger partial charge in [0.25, 0.3) is 0 Å². The number of ether oxygens (including phenoxy) is 2.